The highest BCUT2D eigenvalue weighted by Gasteiger charge is 2.41. The minimum atomic E-state index is -0.320. The Morgan fingerprint density at radius 2 is 1.94 bits per heavy atom. The number of rotatable bonds is 4. The van der Waals surface area contributed by atoms with Gasteiger partial charge in [-0.2, -0.15) is 11.8 Å². The molecule has 18 heavy (non-hydrogen) atoms. The first-order chi connectivity index (χ1) is 8.67. The van der Waals surface area contributed by atoms with Gasteiger partial charge in [-0.05, 0) is 19.1 Å². The zero-order valence-corrected chi connectivity index (χ0v) is 12.1. The van der Waals surface area contributed by atoms with E-state index in [4.69, 9.17) is 9.47 Å². The molecule has 2 fully saturated rings. The van der Waals surface area contributed by atoms with Crippen molar-refractivity contribution in [1.82, 2.24) is 4.90 Å². The Morgan fingerprint density at radius 3 is 2.50 bits per heavy atom. The van der Waals surface area contributed by atoms with Crippen LogP contribution in [-0.2, 0) is 14.3 Å². The number of hydrogen-bond acceptors (Lipinski definition) is 4. The largest absolute Gasteiger partial charge is 0.348 e. The van der Waals surface area contributed by atoms with Crippen LogP contribution in [0.5, 0.6) is 0 Å². The summed E-state index contributed by atoms with van der Waals surface area (Å²) in [6.45, 7) is 1.43. The van der Waals surface area contributed by atoms with Crippen molar-refractivity contribution >= 4 is 17.7 Å². The number of amides is 1. The summed E-state index contributed by atoms with van der Waals surface area (Å²) in [5.41, 5.74) is 0. The number of carbonyl (C=O) groups excluding carboxylic acids is 1. The van der Waals surface area contributed by atoms with Gasteiger partial charge >= 0.3 is 0 Å². The molecule has 0 atom stereocenters. The van der Waals surface area contributed by atoms with Crippen molar-refractivity contribution in [3.63, 3.8) is 0 Å². The van der Waals surface area contributed by atoms with Crippen LogP contribution in [0.15, 0.2) is 0 Å². The molecular formula is C13H23NO3S. The molecule has 1 heterocycles. The number of hydrogen-bond donors (Lipinski definition) is 0. The van der Waals surface area contributed by atoms with E-state index in [1.807, 2.05) is 18.2 Å². The van der Waals surface area contributed by atoms with E-state index in [1.165, 1.54) is 0 Å². The van der Waals surface area contributed by atoms with Gasteiger partial charge < -0.3 is 14.4 Å². The van der Waals surface area contributed by atoms with Crippen molar-refractivity contribution in [2.24, 2.45) is 0 Å². The van der Waals surface area contributed by atoms with Crippen molar-refractivity contribution in [1.29, 1.82) is 0 Å². The lowest BCUT2D eigenvalue weighted by Gasteiger charge is -2.39. The van der Waals surface area contributed by atoms with Crippen molar-refractivity contribution in [3.8, 4) is 0 Å². The third-order valence-corrected chi connectivity index (χ3v) is 4.60. The van der Waals surface area contributed by atoms with Gasteiger partial charge in [-0.3, -0.25) is 4.79 Å². The zero-order valence-electron chi connectivity index (χ0n) is 11.3. The molecule has 0 aromatic heterocycles. The maximum Gasteiger partial charge on any atom is 0.223 e. The van der Waals surface area contributed by atoms with Gasteiger partial charge in [0.15, 0.2) is 5.79 Å². The van der Waals surface area contributed by atoms with Gasteiger partial charge in [0, 0.05) is 38.1 Å². The molecule has 0 unspecified atom stereocenters. The topological polar surface area (TPSA) is 38.8 Å². The Labute approximate surface area is 113 Å². The minimum Gasteiger partial charge on any atom is -0.348 e. The van der Waals surface area contributed by atoms with E-state index < -0.39 is 0 Å². The lowest BCUT2D eigenvalue weighted by Crippen LogP contribution is -2.45. The molecule has 1 saturated carbocycles. The zero-order chi connectivity index (χ0) is 13.0. The first-order valence-corrected chi connectivity index (χ1v) is 8.09. The van der Waals surface area contributed by atoms with Crippen molar-refractivity contribution in [2.75, 3.05) is 32.3 Å². The van der Waals surface area contributed by atoms with Crippen molar-refractivity contribution in [2.45, 2.75) is 43.9 Å². The fraction of sp³-hybridized carbons (Fsp3) is 0.923. The van der Waals surface area contributed by atoms with Gasteiger partial charge in [0.1, 0.15) is 0 Å². The van der Waals surface area contributed by atoms with E-state index in [0.717, 1.165) is 31.4 Å². The van der Waals surface area contributed by atoms with Crippen LogP contribution < -0.4 is 0 Å². The van der Waals surface area contributed by atoms with Gasteiger partial charge in [-0.1, -0.05) is 0 Å². The fourth-order valence-corrected chi connectivity index (χ4v) is 3.16. The number of nitrogens with zero attached hydrogens (tertiary/aromatic N) is 1. The summed E-state index contributed by atoms with van der Waals surface area (Å²) in [6, 6.07) is 0.359. The first kappa shape index (κ1) is 14.2. The van der Waals surface area contributed by atoms with Crippen LogP contribution in [-0.4, -0.2) is 54.9 Å². The molecule has 2 rings (SSSR count). The highest BCUT2D eigenvalue weighted by atomic mass is 32.2. The number of thioether (sulfide) groups is 1. The highest BCUT2D eigenvalue weighted by Crippen LogP contribution is 2.37. The summed E-state index contributed by atoms with van der Waals surface area (Å²) in [5, 5.41) is 0. The number of carbonyl (C=O) groups is 1. The van der Waals surface area contributed by atoms with Crippen LogP contribution >= 0.6 is 11.8 Å². The molecule has 5 heteroatoms. The van der Waals surface area contributed by atoms with Crippen LogP contribution in [0.4, 0.5) is 0 Å². The van der Waals surface area contributed by atoms with Gasteiger partial charge in [-0.15, -0.1) is 0 Å². The quantitative estimate of drug-likeness (QED) is 0.784. The van der Waals surface area contributed by atoms with Gasteiger partial charge in [0.25, 0.3) is 0 Å². The average molecular weight is 273 g/mol. The van der Waals surface area contributed by atoms with E-state index >= 15 is 0 Å². The highest BCUT2D eigenvalue weighted by molar-refractivity contribution is 7.98. The third-order valence-electron chi connectivity index (χ3n) is 3.99. The van der Waals surface area contributed by atoms with Crippen LogP contribution in [0.3, 0.4) is 0 Å². The average Bonchev–Trinajstić information content (AvgIpc) is 2.84. The summed E-state index contributed by atoms with van der Waals surface area (Å²) in [4.78, 5) is 13.9. The summed E-state index contributed by atoms with van der Waals surface area (Å²) in [7, 11) is 1.93. The van der Waals surface area contributed by atoms with E-state index in [9.17, 15) is 4.79 Å². The van der Waals surface area contributed by atoms with E-state index in [0.29, 0.717) is 25.7 Å². The Kier molecular flexibility index (Phi) is 4.92. The second kappa shape index (κ2) is 6.26. The second-order valence-electron chi connectivity index (χ2n) is 5.09. The molecule has 1 saturated heterocycles. The molecular weight excluding hydrogens is 250 g/mol. The van der Waals surface area contributed by atoms with Crippen LogP contribution in [0.1, 0.15) is 32.1 Å². The van der Waals surface area contributed by atoms with Crippen LogP contribution in [0, 0.1) is 0 Å². The summed E-state index contributed by atoms with van der Waals surface area (Å²) < 4.78 is 11.4. The summed E-state index contributed by atoms with van der Waals surface area (Å²) >= 11 is 1.72. The van der Waals surface area contributed by atoms with E-state index in [-0.39, 0.29) is 11.7 Å². The molecule has 0 radical (unpaired) electrons. The predicted octanol–water partition coefficient (Wildman–Crippen LogP) is 1.88. The molecule has 1 spiro atoms. The number of ether oxygens (including phenoxy) is 2. The predicted molar refractivity (Wildman–Crippen MR) is 72.7 cm³/mol. The monoisotopic (exact) mass is 273 g/mol. The molecule has 2 aliphatic rings. The summed E-state index contributed by atoms with van der Waals surface area (Å²) in [6.07, 6.45) is 6.48. The van der Waals surface area contributed by atoms with Gasteiger partial charge in [0.2, 0.25) is 5.91 Å². The molecule has 1 amide bonds. The SMILES string of the molecule is CSCCC(=O)N(C)C1CCC2(CC1)OCCO2. The maximum atomic E-state index is 12.0. The lowest BCUT2D eigenvalue weighted by molar-refractivity contribution is -0.184. The van der Waals surface area contributed by atoms with E-state index in [2.05, 4.69) is 0 Å². The smallest absolute Gasteiger partial charge is 0.223 e. The first-order valence-electron chi connectivity index (χ1n) is 6.69. The maximum absolute atomic E-state index is 12.0. The fourth-order valence-electron chi connectivity index (χ4n) is 2.78. The Bertz CT molecular complexity index is 282. The molecule has 4 nitrogen and oxygen atoms in total. The Balaban J connectivity index is 1.79. The molecule has 0 N–H and O–H groups in total. The third kappa shape index (κ3) is 3.19. The molecule has 1 aliphatic carbocycles. The Morgan fingerprint density at radius 1 is 1.33 bits per heavy atom. The molecule has 0 bridgehead atoms. The summed E-state index contributed by atoms with van der Waals surface area (Å²) in [5.74, 6) is 0.852. The molecule has 0 aromatic rings. The minimum absolute atomic E-state index is 0.263. The van der Waals surface area contributed by atoms with Crippen molar-refractivity contribution in [3.05, 3.63) is 0 Å². The normalized spacial score (nSPS) is 23.4. The second-order valence-corrected chi connectivity index (χ2v) is 6.07. The Hall–Kier alpha value is -0.260. The molecule has 1 aliphatic heterocycles. The van der Waals surface area contributed by atoms with Gasteiger partial charge in [-0.25, -0.2) is 0 Å². The molecule has 104 valence electrons. The lowest BCUT2D eigenvalue weighted by atomic mass is 9.89. The van der Waals surface area contributed by atoms with Crippen molar-refractivity contribution < 1.29 is 14.3 Å². The van der Waals surface area contributed by atoms with E-state index in [1.54, 1.807) is 11.8 Å². The molecule has 0 aromatic carbocycles. The van der Waals surface area contributed by atoms with Crippen LogP contribution in [0.25, 0.3) is 0 Å². The van der Waals surface area contributed by atoms with Crippen LogP contribution in [0.2, 0.25) is 0 Å². The standard InChI is InChI=1S/C13H23NO3S/c1-14(12(15)5-10-18-2)11-3-6-13(7-4-11)16-8-9-17-13/h11H,3-10H2,1-2H3. The van der Waals surface area contributed by atoms with Gasteiger partial charge in [0.05, 0.1) is 13.2 Å².